The molecule has 3 rings (SSSR count). The largest absolute Gasteiger partial charge is 0.490 e. The minimum Gasteiger partial charge on any atom is -0.490 e. The zero-order chi connectivity index (χ0) is 19.4. The van der Waals surface area contributed by atoms with Crippen LogP contribution in [0.2, 0.25) is 5.02 Å². The Hall–Kier alpha value is -2.38. The van der Waals surface area contributed by atoms with Gasteiger partial charge >= 0.3 is 0 Å². The van der Waals surface area contributed by atoms with Crippen molar-refractivity contribution in [2.45, 2.75) is 31.9 Å². The molecule has 8 heteroatoms. The molecule has 1 aromatic heterocycles. The van der Waals surface area contributed by atoms with Gasteiger partial charge in [-0.15, -0.1) is 0 Å². The molecular weight excluding hydrogens is 370 g/mol. The lowest BCUT2D eigenvalue weighted by Gasteiger charge is -2.39. The Bertz CT molecular complexity index is 885. The molecule has 1 N–H and O–H groups in total. The lowest BCUT2D eigenvalue weighted by Crippen LogP contribution is -2.54. The lowest BCUT2D eigenvalue weighted by molar-refractivity contribution is -0.141. The molecule has 144 valence electrons. The Kier molecular flexibility index (Phi) is 5.82. The van der Waals surface area contributed by atoms with E-state index in [1.54, 1.807) is 42.2 Å². The Morgan fingerprint density at radius 3 is 2.96 bits per heavy atom. The van der Waals surface area contributed by atoms with E-state index in [0.29, 0.717) is 35.9 Å². The van der Waals surface area contributed by atoms with Crippen LogP contribution in [-0.2, 0) is 11.3 Å². The van der Waals surface area contributed by atoms with Crippen LogP contribution in [0, 0.1) is 6.92 Å². The van der Waals surface area contributed by atoms with Gasteiger partial charge in [-0.2, -0.15) is 5.10 Å². The van der Waals surface area contributed by atoms with Gasteiger partial charge in [-0.1, -0.05) is 17.7 Å². The van der Waals surface area contributed by atoms with E-state index in [0.717, 1.165) is 4.68 Å². The number of β-amino-alcohol motifs (C(OH)–C–C–N with tert-alkyl or cyclic N) is 1. The van der Waals surface area contributed by atoms with Crippen LogP contribution in [0.4, 0.5) is 0 Å². The SMILES string of the molecule is Cc1ccc(=O)n(CC(=O)N2CCCC(O)(COc3cccc(Cl)c3)C2)n1. The summed E-state index contributed by atoms with van der Waals surface area (Å²) in [4.78, 5) is 26.0. The van der Waals surface area contributed by atoms with Crippen molar-refractivity contribution in [2.24, 2.45) is 0 Å². The number of halogens is 1. The molecule has 1 aliphatic heterocycles. The Labute approximate surface area is 162 Å². The second-order valence-electron chi connectivity index (χ2n) is 6.86. The maximum Gasteiger partial charge on any atom is 0.267 e. The number of carbonyl (C=O) groups excluding carboxylic acids is 1. The second-order valence-corrected chi connectivity index (χ2v) is 7.30. The first-order valence-corrected chi connectivity index (χ1v) is 9.16. The van der Waals surface area contributed by atoms with Crippen molar-refractivity contribution in [1.82, 2.24) is 14.7 Å². The van der Waals surface area contributed by atoms with Crippen LogP contribution in [0.25, 0.3) is 0 Å². The van der Waals surface area contributed by atoms with Gasteiger partial charge in [0.2, 0.25) is 5.91 Å². The summed E-state index contributed by atoms with van der Waals surface area (Å²) in [6.45, 7) is 2.34. The number of aromatic nitrogens is 2. The Morgan fingerprint density at radius 2 is 2.19 bits per heavy atom. The van der Waals surface area contributed by atoms with Crippen molar-refractivity contribution >= 4 is 17.5 Å². The molecular formula is C19H22ClN3O4. The quantitative estimate of drug-likeness (QED) is 0.837. The summed E-state index contributed by atoms with van der Waals surface area (Å²) >= 11 is 5.94. The van der Waals surface area contributed by atoms with E-state index >= 15 is 0 Å². The number of aliphatic hydroxyl groups is 1. The van der Waals surface area contributed by atoms with Gasteiger partial charge in [0.15, 0.2) is 0 Å². The molecule has 7 nitrogen and oxygen atoms in total. The monoisotopic (exact) mass is 391 g/mol. The fourth-order valence-corrected chi connectivity index (χ4v) is 3.29. The van der Waals surface area contributed by atoms with Gasteiger partial charge in [-0.25, -0.2) is 4.68 Å². The van der Waals surface area contributed by atoms with E-state index in [2.05, 4.69) is 5.10 Å². The summed E-state index contributed by atoms with van der Waals surface area (Å²) in [6.07, 6.45) is 1.18. The number of nitrogens with zero attached hydrogens (tertiary/aromatic N) is 3. The molecule has 27 heavy (non-hydrogen) atoms. The smallest absolute Gasteiger partial charge is 0.267 e. The van der Waals surface area contributed by atoms with E-state index in [-0.39, 0.29) is 31.2 Å². The number of benzene rings is 1. The first-order valence-electron chi connectivity index (χ1n) is 8.78. The average molecular weight is 392 g/mol. The molecule has 0 saturated carbocycles. The first kappa shape index (κ1) is 19.4. The summed E-state index contributed by atoms with van der Waals surface area (Å²) < 4.78 is 6.82. The molecule has 0 spiro atoms. The van der Waals surface area contributed by atoms with Crippen molar-refractivity contribution in [3.63, 3.8) is 0 Å². The number of aryl methyl sites for hydroxylation is 1. The number of ether oxygens (including phenoxy) is 1. The Balaban J connectivity index is 1.63. The van der Waals surface area contributed by atoms with Crippen molar-refractivity contribution in [1.29, 1.82) is 0 Å². The predicted octanol–water partition coefficient (Wildman–Crippen LogP) is 1.64. The highest BCUT2D eigenvalue weighted by Gasteiger charge is 2.36. The second kappa shape index (κ2) is 8.10. The predicted molar refractivity (Wildman–Crippen MR) is 101 cm³/mol. The molecule has 1 atom stereocenters. The highest BCUT2D eigenvalue weighted by molar-refractivity contribution is 6.30. The van der Waals surface area contributed by atoms with Crippen LogP contribution >= 0.6 is 11.6 Å². The summed E-state index contributed by atoms with van der Waals surface area (Å²) in [7, 11) is 0. The van der Waals surface area contributed by atoms with E-state index in [4.69, 9.17) is 16.3 Å². The molecule has 1 saturated heterocycles. The number of likely N-dealkylation sites (tertiary alicyclic amines) is 1. The topological polar surface area (TPSA) is 84.7 Å². The van der Waals surface area contributed by atoms with Gasteiger partial charge in [-0.05, 0) is 44.0 Å². The van der Waals surface area contributed by atoms with Crippen LogP contribution in [0.1, 0.15) is 18.5 Å². The van der Waals surface area contributed by atoms with E-state index in [1.165, 1.54) is 6.07 Å². The third kappa shape index (κ3) is 5.08. The molecule has 1 aliphatic rings. The molecule has 2 heterocycles. The maximum atomic E-state index is 12.6. The Morgan fingerprint density at radius 1 is 1.37 bits per heavy atom. The van der Waals surface area contributed by atoms with Gasteiger partial charge in [0.05, 0.1) is 12.2 Å². The van der Waals surface area contributed by atoms with Crippen LogP contribution in [0.15, 0.2) is 41.2 Å². The molecule has 2 aromatic rings. The van der Waals surface area contributed by atoms with Crippen molar-refractivity contribution in [2.75, 3.05) is 19.7 Å². The normalized spacial score (nSPS) is 19.7. The minimum atomic E-state index is -1.15. The van der Waals surface area contributed by atoms with Crippen molar-refractivity contribution in [3.8, 4) is 5.75 Å². The van der Waals surface area contributed by atoms with Crippen LogP contribution in [0.3, 0.4) is 0 Å². The molecule has 0 radical (unpaired) electrons. The lowest BCUT2D eigenvalue weighted by atomic mass is 9.93. The van der Waals surface area contributed by atoms with Gasteiger partial charge in [-0.3, -0.25) is 9.59 Å². The molecule has 1 aromatic carbocycles. The summed E-state index contributed by atoms with van der Waals surface area (Å²) in [5.41, 5.74) is -0.820. The summed E-state index contributed by atoms with van der Waals surface area (Å²) in [5.74, 6) is 0.311. The van der Waals surface area contributed by atoms with Crippen LogP contribution in [-0.4, -0.2) is 51.0 Å². The minimum absolute atomic E-state index is 0.0553. The number of hydrogen-bond acceptors (Lipinski definition) is 5. The zero-order valence-electron chi connectivity index (χ0n) is 15.1. The summed E-state index contributed by atoms with van der Waals surface area (Å²) in [6, 6.07) is 9.94. The molecule has 1 fully saturated rings. The fourth-order valence-electron chi connectivity index (χ4n) is 3.11. The van der Waals surface area contributed by atoms with Crippen LogP contribution in [0.5, 0.6) is 5.75 Å². The number of rotatable bonds is 5. The van der Waals surface area contributed by atoms with Gasteiger partial charge in [0.25, 0.3) is 5.56 Å². The van der Waals surface area contributed by atoms with E-state index < -0.39 is 5.60 Å². The van der Waals surface area contributed by atoms with E-state index in [1.807, 2.05) is 0 Å². The summed E-state index contributed by atoms with van der Waals surface area (Å²) in [5, 5.41) is 15.5. The zero-order valence-corrected chi connectivity index (χ0v) is 15.9. The molecule has 0 aliphatic carbocycles. The van der Waals surface area contributed by atoms with Crippen molar-refractivity contribution < 1.29 is 14.6 Å². The van der Waals surface area contributed by atoms with Gasteiger partial charge in [0, 0.05) is 17.6 Å². The van der Waals surface area contributed by atoms with Gasteiger partial charge < -0.3 is 14.7 Å². The highest BCUT2D eigenvalue weighted by atomic mass is 35.5. The average Bonchev–Trinajstić information content (AvgIpc) is 2.63. The number of amides is 1. The molecule has 1 amide bonds. The highest BCUT2D eigenvalue weighted by Crippen LogP contribution is 2.24. The molecule has 1 unspecified atom stereocenters. The number of carbonyl (C=O) groups is 1. The number of piperidine rings is 1. The fraction of sp³-hybridized carbons (Fsp3) is 0.421. The maximum absolute atomic E-state index is 12.6. The van der Waals surface area contributed by atoms with E-state index in [9.17, 15) is 14.7 Å². The number of hydrogen-bond donors (Lipinski definition) is 1. The van der Waals surface area contributed by atoms with Crippen molar-refractivity contribution in [3.05, 3.63) is 57.5 Å². The third-order valence-electron chi connectivity index (χ3n) is 4.50. The molecule has 0 bridgehead atoms. The van der Waals surface area contributed by atoms with Crippen LogP contribution < -0.4 is 10.3 Å². The first-order chi connectivity index (χ1) is 12.8. The standard InChI is InChI=1S/C19H22ClN3O4/c1-14-6-7-17(24)23(21-14)11-18(25)22-9-3-8-19(26,12-22)13-27-16-5-2-4-15(20)10-16/h2,4-7,10,26H,3,8-9,11-13H2,1H3. The van der Waals surface area contributed by atoms with Gasteiger partial charge in [0.1, 0.15) is 24.5 Å². The third-order valence-corrected chi connectivity index (χ3v) is 4.73.